The number of carbonyl (C=O) groups is 2. The summed E-state index contributed by atoms with van der Waals surface area (Å²) in [6.45, 7) is 3.85. The van der Waals surface area contributed by atoms with Crippen molar-refractivity contribution >= 4 is 11.9 Å². The van der Waals surface area contributed by atoms with E-state index in [2.05, 4.69) is 11.4 Å². The zero-order valence-electron chi connectivity index (χ0n) is 11.5. The lowest BCUT2D eigenvalue weighted by Crippen LogP contribution is -2.33. The molecule has 4 heteroatoms. The van der Waals surface area contributed by atoms with Gasteiger partial charge in [0, 0.05) is 18.9 Å². The van der Waals surface area contributed by atoms with Gasteiger partial charge in [-0.15, -0.1) is 0 Å². The Morgan fingerprint density at radius 2 is 2.05 bits per heavy atom. The Morgan fingerprint density at radius 3 is 2.68 bits per heavy atom. The molecule has 1 rings (SSSR count). The average molecular weight is 263 g/mol. The molecule has 1 atom stereocenters. The molecule has 104 valence electrons. The zero-order chi connectivity index (χ0) is 14.3. The van der Waals surface area contributed by atoms with Crippen molar-refractivity contribution in [3.05, 3.63) is 35.4 Å². The quantitative estimate of drug-likeness (QED) is 0.793. The van der Waals surface area contributed by atoms with E-state index < -0.39 is 5.97 Å². The normalized spacial score (nSPS) is 11.9. The predicted octanol–water partition coefficient (Wildman–Crippen LogP) is 2.30. The van der Waals surface area contributed by atoms with Crippen LogP contribution in [0.2, 0.25) is 0 Å². The lowest BCUT2D eigenvalue weighted by atomic mass is 10.1. The second kappa shape index (κ2) is 7.56. The van der Waals surface area contributed by atoms with Crippen LogP contribution < -0.4 is 5.32 Å². The van der Waals surface area contributed by atoms with E-state index >= 15 is 0 Å². The first-order chi connectivity index (χ1) is 8.97. The topological polar surface area (TPSA) is 66.4 Å². The van der Waals surface area contributed by atoms with Crippen molar-refractivity contribution in [1.29, 1.82) is 0 Å². The standard InChI is InChI=1S/C15H21NO3/c1-11-4-3-5-13(10-11)7-8-14(17)16-12(2)6-9-15(18)19/h3-5,10,12H,6-9H2,1-2H3,(H,16,17)(H,18,19). The van der Waals surface area contributed by atoms with E-state index in [1.807, 2.05) is 32.0 Å². The van der Waals surface area contributed by atoms with Crippen molar-refractivity contribution in [3.63, 3.8) is 0 Å². The van der Waals surface area contributed by atoms with Crippen molar-refractivity contribution in [2.45, 2.75) is 45.6 Å². The summed E-state index contributed by atoms with van der Waals surface area (Å²) in [4.78, 5) is 22.1. The van der Waals surface area contributed by atoms with Gasteiger partial charge in [0.25, 0.3) is 0 Å². The van der Waals surface area contributed by atoms with E-state index in [0.717, 1.165) is 5.56 Å². The van der Waals surface area contributed by atoms with Crippen LogP contribution >= 0.6 is 0 Å². The molecule has 0 heterocycles. The van der Waals surface area contributed by atoms with E-state index in [-0.39, 0.29) is 18.4 Å². The van der Waals surface area contributed by atoms with E-state index in [4.69, 9.17) is 5.11 Å². The molecule has 0 saturated carbocycles. The van der Waals surface area contributed by atoms with Crippen molar-refractivity contribution < 1.29 is 14.7 Å². The summed E-state index contributed by atoms with van der Waals surface area (Å²) in [6, 6.07) is 7.99. The van der Waals surface area contributed by atoms with Crippen LogP contribution in [0.15, 0.2) is 24.3 Å². The summed E-state index contributed by atoms with van der Waals surface area (Å²) in [5, 5.41) is 11.4. The van der Waals surface area contributed by atoms with Crippen molar-refractivity contribution in [2.24, 2.45) is 0 Å². The number of hydrogen-bond donors (Lipinski definition) is 2. The van der Waals surface area contributed by atoms with Crippen LogP contribution in [0.25, 0.3) is 0 Å². The predicted molar refractivity (Wildman–Crippen MR) is 74.0 cm³/mol. The van der Waals surface area contributed by atoms with Gasteiger partial charge in [-0.3, -0.25) is 9.59 Å². The van der Waals surface area contributed by atoms with E-state index in [1.54, 1.807) is 0 Å². The molecule has 4 nitrogen and oxygen atoms in total. The molecule has 0 saturated heterocycles. The largest absolute Gasteiger partial charge is 0.481 e. The first-order valence-corrected chi connectivity index (χ1v) is 6.54. The van der Waals surface area contributed by atoms with Crippen LogP contribution in [-0.2, 0) is 16.0 Å². The van der Waals surface area contributed by atoms with Gasteiger partial charge in [0.15, 0.2) is 0 Å². The number of aryl methyl sites for hydroxylation is 2. The van der Waals surface area contributed by atoms with Gasteiger partial charge in [-0.2, -0.15) is 0 Å². The van der Waals surface area contributed by atoms with Crippen LogP contribution in [0.4, 0.5) is 0 Å². The van der Waals surface area contributed by atoms with Crippen LogP contribution in [0.1, 0.15) is 37.3 Å². The van der Waals surface area contributed by atoms with E-state index in [9.17, 15) is 9.59 Å². The number of benzene rings is 1. The fraction of sp³-hybridized carbons (Fsp3) is 0.467. The Labute approximate surface area is 113 Å². The summed E-state index contributed by atoms with van der Waals surface area (Å²) >= 11 is 0. The van der Waals surface area contributed by atoms with Gasteiger partial charge in [0.2, 0.25) is 5.91 Å². The molecule has 19 heavy (non-hydrogen) atoms. The maximum atomic E-state index is 11.7. The molecule has 2 N–H and O–H groups in total. The molecule has 0 aliphatic carbocycles. The highest BCUT2D eigenvalue weighted by Gasteiger charge is 2.09. The summed E-state index contributed by atoms with van der Waals surface area (Å²) < 4.78 is 0. The molecule has 1 aromatic carbocycles. The molecule has 0 aromatic heterocycles. The highest BCUT2D eigenvalue weighted by molar-refractivity contribution is 5.76. The molecule has 0 radical (unpaired) electrons. The van der Waals surface area contributed by atoms with Crippen molar-refractivity contribution in [2.75, 3.05) is 0 Å². The minimum absolute atomic E-state index is 0.0283. The Balaban J connectivity index is 2.29. The number of hydrogen-bond acceptors (Lipinski definition) is 2. The van der Waals surface area contributed by atoms with Gasteiger partial charge in [0.05, 0.1) is 0 Å². The average Bonchev–Trinajstić information content (AvgIpc) is 2.34. The monoisotopic (exact) mass is 263 g/mol. The smallest absolute Gasteiger partial charge is 0.303 e. The highest BCUT2D eigenvalue weighted by atomic mass is 16.4. The number of rotatable bonds is 7. The van der Waals surface area contributed by atoms with Gasteiger partial charge in [-0.1, -0.05) is 29.8 Å². The van der Waals surface area contributed by atoms with Gasteiger partial charge < -0.3 is 10.4 Å². The second-order valence-corrected chi connectivity index (χ2v) is 4.89. The van der Waals surface area contributed by atoms with Crippen LogP contribution in [0.5, 0.6) is 0 Å². The van der Waals surface area contributed by atoms with Crippen molar-refractivity contribution in [3.8, 4) is 0 Å². The zero-order valence-corrected chi connectivity index (χ0v) is 11.5. The highest BCUT2D eigenvalue weighted by Crippen LogP contribution is 2.07. The molecule has 1 aromatic rings. The Bertz CT molecular complexity index is 443. The number of nitrogens with one attached hydrogen (secondary N) is 1. The summed E-state index contributed by atoms with van der Waals surface area (Å²) in [7, 11) is 0. The maximum absolute atomic E-state index is 11.7. The molecule has 1 unspecified atom stereocenters. The molecule has 0 aliphatic rings. The van der Waals surface area contributed by atoms with Crippen molar-refractivity contribution in [1.82, 2.24) is 5.32 Å². The molecule has 0 fully saturated rings. The molecular formula is C15H21NO3. The third kappa shape index (κ3) is 6.60. The molecule has 0 bridgehead atoms. The maximum Gasteiger partial charge on any atom is 0.303 e. The Morgan fingerprint density at radius 1 is 1.32 bits per heavy atom. The second-order valence-electron chi connectivity index (χ2n) is 4.89. The SMILES string of the molecule is Cc1cccc(CCC(=O)NC(C)CCC(=O)O)c1. The van der Waals surface area contributed by atoms with E-state index in [0.29, 0.717) is 19.3 Å². The summed E-state index contributed by atoms with van der Waals surface area (Å²) in [5.74, 6) is -0.861. The first-order valence-electron chi connectivity index (χ1n) is 6.54. The van der Waals surface area contributed by atoms with E-state index in [1.165, 1.54) is 5.56 Å². The van der Waals surface area contributed by atoms with Gasteiger partial charge in [-0.25, -0.2) is 0 Å². The number of carboxylic acids is 1. The Hall–Kier alpha value is -1.84. The lowest BCUT2D eigenvalue weighted by Gasteiger charge is -2.12. The molecule has 0 aliphatic heterocycles. The third-order valence-electron chi connectivity index (χ3n) is 2.92. The summed E-state index contributed by atoms with van der Waals surface area (Å²) in [5.41, 5.74) is 2.33. The van der Waals surface area contributed by atoms with Gasteiger partial charge in [-0.05, 0) is 32.3 Å². The first kappa shape index (κ1) is 15.2. The molecular weight excluding hydrogens is 242 g/mol. The fourth-order valence-corrected chi connectivity index (χ4v) is 1.88. The summed E-state index contributed by atoms with van der Waals surface area (Å²) in [6.07, 6.45) is 1.69. The van der Waals surface area contributed by atoms with Gasteiger partial charge in [0.1, 0.15) is 0 Å². The van der Waals surface area contributed by atoms with Crippen LogP contribution in [0, 0.1) is 6.92 Å². The Kier molecular flexibility index (Phi) is 6.06. The van der Waals surface area contributed by atoms with Gasteiger partial charge >= 0.3 is 5.97 Å². The molecule has 0 spiro atoms. The number of aliphatic carboxylic acids is 1. The minimum atomic E-state index is -0.833. The molecule has 1 amide bonds. The third-order valence-corrected chi connectivity index (χ3v) is 2.92. The fourth-order valence-electron chi connectivity index (χ4n) is 1.88. The number of carbonyl (C=O) groups excluding carboxylic acids is 1. The van der Waals surface area contributed by atoms with Crippen LogP contribution in [0.3, 0.4) is 0 Å². The number of carboxylic acid groups (broad SMARTS) is 1. The van der Waals surface area contributed by atoms with Crippen LogP contribution in [-0.4, -0.2) is 23.0 Å². The number of amides is 1. The lowest BCUT2D eigenvalue weighted by molar-refractivity contribution is -0.137. The minimum Gasteiger partial charge on any atom is -0.481 e.